The molecule has 5 nitrogen and oxygen atoms in total. The van der Waals surface area contributed by atoms with Crippen LogP contribution in [0.3, 0.4) is 0 Å². The number of aromatic nitrogens is 3. The Morgan fingerprint density at radius 2 is 2.11 bits per heavy atom. The van der Waals surface area contributed by atoms with Gasteiger partial charge in [-0.05, 0) is 42.7 Å². The van der Waals surface area contributed by atoms with Crippen molar-refractivity contribution in [3.63, 3.8) is 0 Å². The zero-order valence-electron chi connectivity index (χ0n) is 15.3. The van der Waals surface area contributed by atoms with Crippen LogP contribution < -0.4 is 5.32 Å². The van der Waals surface area contributed by atoms with E-state index in [4.69, 9.17) is 0 Å². The van der Waals surface area contributed by atoms with Gasteiger partial charge in [0.05, 0.1) is 22.4 Å². The Bertz CT molecular complexity index is 1140. The first-order chi connectivity index (χ1) is 13.7. The Hall–Kier alpha value is -2.51. The van der Waals surface area contributed by atoms with Crippen LogP contribution in [-0.4, -0.2) is 31.6 Å². The highest BCUT2D eigenvalue weighted by atomic mass is 32.1. The van der Waals surface area contributed by atoms with Crippen molar-refractivity contribution in [3.8, 4) is 0 Å². The van der Waals surface area contributed by atoms with Gasteiger partial charge >= 0.3 is 0 Å². The summed E-state index contributed by atoms with van der Waals surface area (Å²) in [7, 11) is 0. The number of hydrogen-bond donors (Lipinski definition) is 2. The molecule has 1 aliphatic rings. The molecule has 0 amide bonds. The van der Waals surface area contributed by atoms with Crippen molar-refractivity contribution in [2.75, 3.05) is 5.32 Å². The smallest absolute Gasteiger partial charge is 0.199 e. The number of pyridine rings is 1. The Kier molecular flexibility index (Phi) is 4.49. The van der Waals surface area contributed by atoms with Gasteiger partial charge in [-0.1, -0.05) is 36.3 Å². The van der Waals surface area contributed by atoms with Crippen molar-refractivity contribution >= 4 is 32.3 Å². The molecule has 0 unspecified atom stereocenters. The first-order valence-corrected chi connectivity index (χ1v) is 10.4. The largest absolute Gasteiger partial charge is 0.391 e. The molecule has 7 heteroatoms. The molecule has 2 N–H and O–H groups in total. The van der Waals surface area contributed by atoms with Crippen LogP contribution in [0.15, 0.2) is 42.6 Å². The third-order valence-corrected chi connectivity index (χ3v) is 6.38. The Morgan fingerprint density at radius 3 is 3.00 bits per heavy atom. The predicted molar refractivity (Wildman–Crippen MR) is 109 cm³/mol. The number of halogens is 1. The van der Waals surface area contributed by atoms with Crippen LogP contribution in [-0.2, 0) is 6.42 Å². The summed E-state index contributed by atoms with van der Waals surface area (Å²) in [6.07, 6.45) is 6.07. The van der Waals surface area contributed by atoms with Crippen molar-refractivity contribution in [1.29, 1.82) is 0 Å². The molecule has 1 fully saturated rings. The van der Waals surface area contributed by atoms with Gasteiger partial charge in [0.15, 0.2) is 11.1 Å². The van der Waals surface area contributed by atoms with E-state index in [9.17, 15) is 9.50 Å². The molecular weight excluding hydrogens is 375 g/mol. The molecule has 0 aliphatic heterocycles. The van der Waals surface area contributed by atoms with Crippen molar-refractivity contribution in [2.24, 2.45) is 0 Å². The number of nitrogens with one attached hydrogen (secondary N) is 1. The normalized spacial score (nSPS) is 20.1. The summed E-state index contributed by atoms with van der Waals surface area (Å²) in [6, 6.07) is 11.1. The van der Waals surface area contributed by atoms with E-state index in [0.29, 0.717) is 12.1 Å². The number of nitrogens with zero attached hydrogens (tertiary/aromatic N) is 3. The number of rotatable bonds is 4. The number of aliphatic hydroxyl groups excluding tert-OH is 1. The van der Waals surface area contributed by atoms with Crippen LogP contribution >= 0.6 is 11.3 Å². The second kappa shape index (κ2) is 7.14. The van der Waals surface area contributed by atoms with Crippen LogP contribution in [0.2, 0.25) is 0 Å². The molecule has 2 atom stereocenters. The third kappa shape index (κ3) is 3.25. The number of thiazole rings is 1. The molecule has 0 bridgehead atoms. The maximum atomic E-state index is 14.2. The SMILES string of the molecule is O[C@@H]1CCCC[C@H]1Nc1nc2ccc(Cc3cnc4cccc(F)n34)cc2s1. The fourth-order valence-corrected chi connectivity index (χ4v) is 4.96. The minimum absolute atomic E-state index is 0.0786. The summed E-state index contributed by atoms with van der Waals surface area (Å²) >= 11 is 1.60. The lowest BCUT2D eigenvalue weighted by molar-refractivity contribution is 0.116. The molecule has 4 aromatic rings. The zero-order valence-corrected chi connectivity index (χ0v) is 16.1. The van der Waals surface area contributed by atoms with Gasteiger partial charge in [-0.3, -0.25) is 4.40 Å². The maximum Gasteiger partial charge on any atom is 0.199 e. The number of anilines is 1. The van der Waals surface area contributed by atoms with Gasteiger partial charge < -0.3 is 10.4 Å². The van der Waals surface area contributed by atoms with Crippen LogP contribution in [0.5, 0.6) is 0 Å². The van der Waals surface area contributed by atoms with Gasteiger partial charge in [0.1, 0.15) is 5.65 Å². The summed E-state index contributed by atoms with van der Waals surface area (Å²) in [6.45, 7) is 0. The highest BCUT2D eigenvalue weighted by Gasteiger charge is 2.23. The van der Waals surface area contributed by atoms with Crippen LogP contribution in [0.25, 0.3) is 15.9 Å². The van der Waals surface area contributed by atoms with Gasteiger partial charge in [-0.25, -0.2) is 9.97 Å². The first-order valence-electron chi connectivity index (χ1n) is 9.62. The van der Waals surface area contributed by atoms with E-state index in [1.54, 1.807) is 34.1 Å². The molecule has 28 heavy (non-hydrogen) atoms. The van der Waals surface area contributed by atoms with Gasteiger partial charge in [-0.15, -0.1) is 0 Å². The molecule has 1 aliphatic carbocycles. The Morgan fingerprint density at radius 1 is 1.21 bits per heavy atom. The highest BCUT2D eigenvalue weighted by Crippen LogP contribution is 2.30. The highest BCUT2D eigenvalue weighted by molar-refractivity contribution is 7.22. The fraction of sp³-hybridized carbons (Fsp3) is 0.333. The summed E-state index contributed by atoms with van der Waals surface area (Å²) in [5.74, 6) is -0.304. The first kappa shape index (κ1) is 17.6. The zero-order chi connectivity index (χ0) is 19.1. The number of fused-ring (bicyclic) bond motifs is 2. The van der Waals surface area contributed by atoms with E-state index < -0.39 is 0 Å². The molecule has 1 saturated carbocycles. The number of aliphatic hydroxyl groups is 1. The van der Waals surface area contributed by atoms with Crippen molar-refractivity contribution in [2.45, 2.75) is 44.2 Å². The van der Waals surface area contributed by atoms with Crippen molar-refractivity contribution in [3.05, 3.63) is 59.8 Å². The van der Waals surface area contributed by atoms with Gasteiger partial charge in [0.25, 0.3) is 0 Å². The number of benzene rings is 1. The third-order valence-electron chi connectivity index (χ3n) is 5.43. The summed E-state index contributed by atoms with van der Waals surface area (Å²) in [4.78, 5) is 8.96. The van der Waals surface area contributed by atoms with E-state index in [1.165, 1.54) is 6.07 Å². The molecule has 0 saturated heterocycles. The lowest BCUT2D eigenvalue weighted by Crippen LogP contribution is -2.36. The van der Waals surface area contributed by atoms with Crippen molar-refractivity contribution in [1.82, 2.24) is 14.4 Å². The lowest BCUT2D eigenvalue weighted by Gasteiger charge is -2.27. The minimum atomic E-state index is -0.304. The van der Waals surface area contributed by atoms with Crippen LogP contribution in [0.1, 0.15) is 36.9 Å². The second-order valence-electron chi connectivity index (χ2n) is 7.39. The topological polar surface area (TPSA) is 62.5 Å². The number of hydrogen-bond acceptors (Lipinski definition) is 5. The summed E-state index contributed by atoms with van der Waals surface area (Å²) < 4.78 is 16.8. The average Bonchev–Trinajstić information content (AvgIpc) is 3.28. The lowest BCUT2D eigenvalue weighted by atomic mass is 9.93. The molecule has 3 aromatic heterocycles. The summed E-state index contributed by atoms with van der Waals surface area (Å²) in [5.41, 5.74) is 3.46. The Balaban J connectivity index is 1.40. The van der Waals surface area contributed by atoms with E-state index in [-0.39, 0.29) is 18.1 Å². The average molecular weight is 396 g/mol. The van der Waals surface area contributed by atoms with E-state index in [2.05, 4.69) is 21.4 Å². The second-order valence-corrected chi connectivity index (χ2v) is 8.42. The van der Waals surface area contributed by atoms with Crippen molar-refractivity contribution < 1.29 is 9.50 Å². The fourth-order valence-electron chi connectivity index (χ4n) is 3.97. The van der Waals surface area contributed by atoms with Gasteiger partial charge in [-0.2, -0.15) is 4.39 Å². The van der Waals surface area contributed by atoms with Gasteiger partial charge in [0, 0.05) is 18.3 Å². The van der Waals surface area contributed by atoms with Crippen LogP contribution in [0.4, 0.5) is 9.52 Å². The summed E-state index contributed by atoms with van der Waals surface area (Å²) in [5, 5.41) is 14.4. The maximum absolute atomic E-state index is 14.2. The molecular formula is C21H21FN4OS. The standard InChI is InChI=1S/C21H21FN4OS/c22-19-6-3-7-20-23-12-14(26(19)20)10-13-8-9-16-18(11-13)28-21(25-16)24-15-4-1-2-5-17(15)27/h3,6-9,11-12,15,17,27H,1-2,4-5,10H2,(H,24,25)/t15-,17-/m1/s1. The Labute approximate surface area is 165 Å². The molecule has 3 heterocycles. The van der Waals surface area contributed by atoms with E-state index >= 15 is 0 Å². The molecule has 1 aromatic carbocycles. The number of imidazole rings is 1. The van der Waals surface area contributed by atoms with Crippen LogP contribution in [0, 0.1) is 5.95 Å². The minimum Gasteiger partial charge on any atom is -0.391 e. The van der Waals surface area contributed by atoms with E-state index in [0.717, 1.165) is 52.3 Å². The predicted octanol–water partition coefficient (Wildman–Crippen LogP) is 4.39. The van der Waals surface area contributed by atoms with Gasteiger partial charge in [0.2, 0.25) is 0 Å². The molecule has 0 radical (unpaired) electrons. The molecule has 0 spiro atoms. The quantitative estimate of drug-likeness (QED) is 0.502. The van der Waals surface area contributed by atoms with E-state index in [1.807, 2.05) is 12.1 Å². The molecule has 5 rings (SSSR count). The molecule has 144 valence electrons. The monoisotopic (exact) mass is 396 g/mol.